The third kappa shape index (κ3) is 2.97. The van der Waals surface area contributed by atoms with Crippen molar-refractivity contribution < 1.29 is 5.11 Å². The van der Waals surface area contributed by atoms with Crippen LogP contribution in [-0.2, 0) is 0 Å². The molecule has 0 aromatic heterocycles. The molecule has 3 fully saturated rings. The third-order valence-electron chi connectivity index (χ3n) is 7.47. The van der Waals surface area contributed by atoms with Gasteiger partial charge in [-0.25, -0.2) is 0 Å². The molecule has 5 rings (SSSR count). The Labute approximate surface area is 167 Å². The molecule has 146 valence electrons. The largest absolute Gasteiger partial charge is 0.389 e. The van der Waals surface area contributed by atoms with Gasteiger partial charge in [-0.1, -0.05) is 67.8 Å². The van der Waals surface area contributed by atoms with Crippen molar-refractivity contribution in [1.29, 1.82) is 0 Å². The van der Waals surface area contributed by atoms with E-state index in [4.69, 9.17) is 5.10 Å². The molecule has 0 aliphatic heterocycles. The van der Waals surface area contributed by atoms with E-state index in [-0.39, 0.29) is 5.92 Å². The number of hydrogen-bond donors (Lipinski definition) is 2. The van der Waals surface area contributed by atoms with Gasteiger partial charge < -0.3 is 5.11 Å². The Bertz CT molecular complexity index is 834. The van der Waals surface area contributed by atoms with Crippen LogP contribution in [0.4, 0.5) is 5.69 Å². The monoisotopic (exact) mass is 374 g/mol. The second kappa shape index (κ2) is 7.36. The van der Waals surface area contributed by atoms with Gasteiger partial charge in [0.05, 0.1) is 11.3 Å². The van der Waals surface area contributed by atoms with E-state index in [1.807, 2.05) is 18.2 Å². The molecule has 0 radical (unpaired) electrons. The van der Waals surface area contributed by atoms with Crippen molar-refractivity contribution in [2.75, 3.05) is 5.43 Å². The molecule has 2 bridgehead atoms. The van der Waals surface area contributed by atoms with E-state index in [0.717, 1.165) is 31.4 Å². The van der Waals surface area contributed by atoms with E-state index < -0.39 is 5.60 Å². The fraction of sp³-hybridized carbons (Fsp3) is 0.480. The molecular formula is C25H30N2O. The van der Waals surface area contributed by atoms with Gasteiger partial charge in [0.15, 0.2) is 0 Å². The highest BCUT2D eigenvalue weighted by Crippen LogP contribution is 2.58. The summed E-state index contributed by atoms with van der Waals surface area (Å²) < 4.78 is 0. The van der Waals surface area contributed by atoms with Crippen molar-refractivity contribution in [2.24, 2.45) is 22.9 Å². The topological polar surface area (TPSA) is 44.6 Å². The second-order valence-corrected chi connectivity index (χ2v) is 8.88. The van der Waals surface area contributed by atoms with E-state index in [1.165, 1.54) is 30.5 Å². The molecule has 2 aromatic carbocycles. The lowest BCUT2D eigenvalue weighted by Gasteiger charge is -2.57. The Hall–Kier alpha value is -2.13. The molecule has 0 saturated heterocycles. The highest BCUT2D eigenvalue weighted by Gasteiger charge is 2.58. The van der Waals surface area contributed by atoms with E-state index in [0.29, 0.717) is 17.8 Å². The summed E-state index contributed by atoms with van der Waals surface area (Å²) in [7, 11) is 0. The first-order valence-electron chi connectivity index (χ1n) is 10.9. The third-order valence-corrected chi connectivity index (χ3v) is 7.47. The van der Waals surface area contributed by atoms with Crippen LogP contribution in [0.15, 0.2) is 65.8 Å². The van der Waals surface area contributed by atoms with Gasteiger partial charge in [-0.15, -0.1) is 0 Å². The summed E-state index contributed by atoms with van der Waals surface area (Å²) >= 11 is 0. The number of hydrazone groups is 1. The van der Waals surface area contributed by atoms with Gasteiger partial charge in [-0.3, -0.25) is 5.43 Å². The fourth-order valence-corrected chi connectivity index (χ4v) is 6.32. The number of anilines is 1. The smallest absolute Gasteiger partial charge is 0.0762 e. The Morgan fingerprint density at radius 3 is 2.39 bits per heavy atom. The SMILES string of the molecule is O[C@]12CCCC[C@H]1[C@@H](c1ccccc1)[C@H]1CCC[C@H]2/C1=N\Nc1ccccc1. The molecular weight excluding hydrogens is 344 g/mol. The maximum Gasteiger partial charge on any atom is 0.0762 e. The fourth-order valence-electron chi connectivity index (χ4n) is 6.32. The van der Waals surface area contributed by atoms with Crippen LogP contribution < -0.4 is 5.43 Å². The number of hydrogen-bond acceptors (Lipinski definition) is 3. The lowest BCUT2D eigenvalue weighted by molar-refractivity contribution is -0.110. The maximum atomic E-state index is 12.0. The van der Waals surface area contributed by atoms with Gasteiger partial charge in [0.2, 0.25) is 0 Å². The van der Waals surface area contributed by atoms with E-state index >= 15 is 0 Å². The van der Waals surface area contributed by atoms with Crippen LogP contribution in [0.5, 0.6) is 0 Å². The van der Waals surface area contributed by atoms with Crippen LogP contribution >= 0.6 is 0 Å². The number of aliphatic hydroxyl groups is 1. The van der Waals surface area contributed by atoms with Gasteiger partial charge in [0, 0.05) is 17.5 Å². The highest BCUT2D eigenvalue weighted by molar-refractivity contribution is 5.93. The van der Waals surface area contributed by atoms with Gasteiger partial charge in [-0.2, -0.15) is 5.10 Å². The van der Waals surface area contributed by atoms with E-state index in [1.54, 1.807) is 0 Å². The molecule has 3 nitrogen and oxygen atoms in total. The lowest BCUT2D eigenvalue weighted by atomic mass is 9.49. The molecule has 3 heteroatoms. The van der Waals surface area contributed by atoms with Crippen LogP contribution in [0.1, 0.15) is 56.4 Å². The van der Waals surface area contributed by atoms with Crippen LogP contribution in [0.25, 0.3) is 0 Å². The number of nitrogens with zero attached hydrogens (tertiary/aromatic N) is 1. The van der Waals surface area contributed by atoms with Crippen LogP contribution in [0, 0.1) is 17.8 Å². The molecule has 0 heterocycles. The van der Waals surface area contributed by atoms with Crippen molar-refractivity contribution >= 4 is 11.4 Å². The summed E-state index contributed by atoms with van der Waals surface area (Å²) in [6, 6.07) is 21.1. The predicted octanol–water partition coefficient (Wildman–Crippen LogP) is 5.59. The average Bonchev–Trinajstić information content (AvgIpc) is 2.75. The van der Waals surface area contributed by atoms with Crippen molar-refractivity contribution in [3.8, 4) is 0 Å². The van der Waals surface area contributed by atoms with Gasteiger partial charge in [-0.05, 0) is 55.2 Å². The molecule has 0 unspecified atom stereocenters. The van der Waals surface area contributed by atoms with Crippen molar-refractivity contribution in [3.05, 3.63) is 66.2 Å². The normalized spacial score (nSPS) is 36.0. The van der Waals surface area contributed by atoms with Crippen LogP contribution in [0.3, 0.4) is 0 Å². The molecule has 0 spiro atoms. The minimum atomic E-state index is -0.604. The Morgan fingerprint density at radius 1 is 0.857 bits per heavy atom. The van der Waals surface area contributed by atoms with Crippen molar-refractivity contribution in [2.45, 2.75) is 56.5 Å². The first kappa shape index (κ1) is 17.9. The number of fused-ring (bicyclic) bond motifs is 4. The van der Waals surface area contributed by atoms with E-state index in [2.05, 4.69) is 47.9 Å². The minimum Gasteiger partial charge on any atom is -0.389 e. The van der Waals surface area contributed by atoms with E-state index in [9.17, 15) is 5.11 Å². The zero-order valence-corrected chi connectivity index (χ0v) is 16.4. The molecule has 2 aromatic rings. The molecule has 0 amide bonds. The molecule has 5 atom stereocenters. The van der Waals surface area contributed by atoms with Gasteiger partial charge in [0.25, 0.3) is 0 Å². The molecule has 3 saturated carbocycles. The predicted molar refractivity (Wildman–Crippen MR) is 114 cm³/mol. The maximum absolute atomic E-state index is 12.0. The zero-order valence-electron chi connectivity index (χ0n) is 16.4. The van der Waals surface area contributed by atoms with Gasteiger partial charge >= 0.3 is 0 Å². The molecule has 2 N–H and O–H groups in total. The zero-order chi connectivity index (χ0) is 19.0. The summed E-state index contributed by atoms with van der Waals surface area (Å²) in [5.74, 6) is 1.36. The number of para-hydroxylation sites is 1. The molecule has 3 aliphatic carbocycles. The summed E-state index contributed by atoms with van der Waals surface area (Å²) in [6.07, 6.45) is 7.88. The first-order valence-corrected chi connectivity index (χ1v) is 10.9. The second-order valence-electron chi connectivity index (χ2n) is 8.88. The molecule has 28 heavy (non-hydrogen) atoms. The number of benzene rings is 2. The summed E-state index contributed by atoms with van der Waals surface area (Å²) in [5.41, 5.74) is 6.31. The van der Waals surface area contributed by atoms with Gasteiger partial charge in [0.1, 0.15) is 0 Å². The van der Waals surface area contributed by atoms with Crippen molar-refractivity contribution in [1.82, 2.24) is 0 Å². The van der Waals surface area contributed by atoms with Crippen LogP contribution in [-0.4, -0.2) is 16.4 Å². The Kier molecular flexibility index (Phi) is 4.72. The van der Waals surface area contributed by atoms with Crippen LogP contribution in [0.2, 0.25) is 0 Å². The highest BCUT2D eigenvalue weighted by atomic mass is 16.3. The summed E-state index contributed by atoms with van der Waals surface area (Å²) in [5, 5.41) is 16.9. The standard InChI is InChI=1S/C25H30N2O/c28-25-17-8-7-15-21(25)23(18-10-3-1-4-11-18)20-14-9-16-22(25)24(20)27-26-19-12-5-2-6-13-19/h1-6,10-13,20-23,26,28H,7-9,14-17H2/b27-24-/t20-,21+,22+,23+,25-/m1/s1. The Balaban J connectivity index is 1.57. The minimum absolute atomic E-state index is 0.202. The number of nitrogens with one attached hydrogen (secondary N) is 1. The average molecular weight is 375 g/mol. The quantitative estimate of drug-likeness (QED) is 0.688. The summed E-state index contributed by atoms with van der Waals surface area (Å²) in [6.45, 7) is 0. The first-order chi connectivity index (χ1) is 13.8. The Morgan fingerprint density at radius 2 is 1.61 bits per heavy atom. The number of rotatable bonds is 3. The lowest BCUT2D eigenvalue weighted by Crippen LogP contribution is -2.60. The van der Waals surface area contributed by atoms with Crippen molar-refractivity contribution in [3.63, 3.8) is 0 Å². The summed E-state index contributed by atoms with van der Waals surface area (Å²) in [4.78, 5) is 0. The molecule has 3 aliphatic rings.